The Bertz CT molecular complexity index is 982. The monoisotopic (exact) mass is 484 g/mol. The molecule has 0 unspecified atom stereocenters. The van der Waals surface area contributed by atoms with Crippen molar-refractivity contribution in [1.82, 2.24) is 15.5 Å². The molecule has 2 aliphatic rings. The minimum absolute atomic E-state index is 0. The van der Waals surface area contributed by atoms with Crippen molar-refractivity contribution in [3.8, 4) is 0 Å². The summed E-state index contributed by atoms with van der Waals surface area (Å²) in [4.78, 5) is 29.2. The van der Waals surface area contributed by atoms with Crippen LogP contribution in [0.15, 0.2) is 42.5 Å². The second kappa shape index (κ2) is 10.0. The molecule has 0 aromatic heterocycles. The number of nitrogens with zero attached hydrogens (tertiary/aromatic N) is 2. The van der Waals surface area contributed by atoms with Crippen LogP contribution in [-0.2, 0) is 4.79 Å². The number of hydrogen-bond donors (Lipinski definition) is 2. The van der Waals surface area contributed by atoms with Gasteiger partial charge in [0.05, 0.1) is 17.3 Å². The lowest BCUT2D eigenvalue weighted by Crippen LogP contribution is -2.57. The first kappa shape index (κ1) is 24.2. The lowest BCUT2D eigenvalue weighted by atomic mass is 9.85. The Morgan fingerprint density at radius 2 is 1.75 bits per heavy atom. The van der Waals surface area contributed by atoms with Crippen molar-refractivity contribution >= 4 is 41.5 Å². The molecule has 10 heteroatoms. The molecule has 0 aliphatic carbocycles. The third-order valence-electron chi connectivity index (χ3n) is 6.05. The fraction of sp³-hybridized carbons (Fsp3) is 0.364. The van der Waals surface area contributed by atoms with E-state index in [-0.39, 0.29) is 40.6 Å². The molecule has 6 nitrogen and oxygen atoms in total. The Kier molecular flexibility index (Phi) is 7.59. The van der Waals surface area contributed by atoms with Gasteiger partial charge in [-0.3, -0.25) is 9.59 Å². The molecular weight excluding hydrogens is 461 g/mol. The number of amides is 2. The van der Waals surface area contributed by atoms with E-state index in [2.05, 4.69) is 15.5 Å². The molecule has 2 N–H and O–H groups in total. The van der Waals surface area contributed by atoms with Gasteiger partial charge in [0.2, 0.25) is 5.91 Å². The maximum absolute atomic E-state index is 13.3. The molecule has 2 saturated heterocycles. The average molecular weight is 485 g/mol. The van der Waals surface area contributed by atoms with Crippen LogP contribution in [0.3, 0.4) is 0 Å². The number of carbonyl (C=O) groups excluding carboxylic acids is 2. The zero-order chi connectivity index (χ0) is 22.0. The summed E-state index contributed by atoms with van der Waals surface area (Å²) in [6.07, 6.45) is 1.27. The summed E-state index contributed by atoms with van der Waals surface area (Å²) in [6.45, 7) is 2.82. The number of halogens is 4. The van der Waals surface area contributed by atoms with Crippen molar-refractivity contribution in [2.24, 2.45) is 0 Å². The summed E-state index contributed by atoms with van der Waals surface area (Å²) in [5, 5.41) is 5.80. The van der Waals surface area contributed by atoms with Crippen molar-refractivity contribution in [2.45, 2.75) is 18.4 Å². The van der Waals surface area contributed by atoms with Crippen LogP contribution < -0.4 is 15.5 Å². The molecule has 2 fully saturated rings. The molecule has 2 amide bonds. The van der Waals surface area contributed by atoms with Crippen LogP contribution in [0.2, 0.25) is 5.02 Å². The average Bonchev–Trinajstić information content (AvgIpc) is 3.06. The Morgan fingerprint density at radius 3 is 2.41 bits per heavy atom. The fourth-order valence-corrected chi connectivity index (χ4v) is 4.54. The second-order valence-corrected chi connectivity index (χ2v) is 8.23. The second-order valence-electron chi connectivity index (χ2n) is 7.82. The Morgan fingerprint density at radius 1 is 1.09 bits per heavy atom. The molecule has 32 heavy (non-hydrogen) atoms. The van der Waals surface area contributed by atoms with Gasteiger partial charge in [0.1, 0.15) is 17.2 Å². The van der Waals surface area contributed by atoms with Gasteiger partial charge in [-0.05, 0) is 55.3 Å². The van der Waals surface area contributed by atoms with E-state index in [9.17, 15) is 18.4 Å². The predicted octanol–water partition coefficient (Wildman–Crippen LogP) is 3.20. The van der Waals surface area contributed by atoms with Crippen LogP contribution in [0.1, 0.15) is 23.2 Å². The van der Waals surface area contributed by atoms with E-state index in [0.717, 1.165) is 11.8 Å². The maximum atomic E-state index is 13.3. The molecule has 4 rings (SSSR count). The zero-order valence-corrected chi connectivity index (χ0v) is 18.8. The van der Waals surface area contributed by atoms with Crippen molar-refractivity contribution in [3.05, 3.63) is 64.7 Å². The number of anilines is 1. The maximum Gasteiger partial charge on any atom is 0.252 e. The Balaban J connectivity index is 0.00000289. The van der Waals surface area contributed by atoms with Crippen molar-refractivity contribution in [3.63, 3.8) is 0 Å². The topological polar surface area (TPSA) is 64.7 Å². The third kappa shape index (κ3) is 4.82. The van der Waals surface area contributed by atoms with E-state index in [1.165, 1.54) is 24.3 Å². The first-order valence-corrected chi connectivity index (χ1v) is 10.5. The van der Waals surface area contributed by atoms with Gasteiger partial charge in [-0.25, -0.2) is 8.78 Å². The molecule has 172 valence electrons. The molecule has 2 aliphatic heterocycles. The number of rotatable bonds is 5. The summed E-state index contributed by atoms with van der Waals surface area (Å²) in [7, 11) is 0. The van der Waals surface area contributed by atoms with E-state index in [4.69, 9.17) is 11.6 Å². The van der Waals surface area contributed by atoms with Gasteiger partial charge in [-0.2, -0.15) is 0 Å². The first-order valence-electron chi connectivity index (χ1n) is 10.2. The number of piperidine rings is 1. The molecule has 0 atom stereocenters. The summed E-state index contributed by atoms with van der Waals surface area (Å²) < 4.78 is 26.4. The van der Waals surface area contributed by atoms with Gasteiger partial charge in [0.15, 0.2) is 0 Å². The summed E-state index contributed by atoms with van der Waals surface area (Å²) in [5.41, 5.74) is 0.411. The predicted molar refractivity (Wildman–Crippen MR) is 121 cm³/mol. The lowest BCUT2D eigenvalue weighted by Gasteiger charge is -2.43. The Labute approximate surface area is 196 Å². The summed E-state index contributed by atoms with van der Waals surface area (Å²) >= 11 is 5.93. The van der Waals surface area contributed by atoms with Crippen molar-refractivity contribution < 1.29 is 18.4 Å². The normalized spacial score (nSPS) is 17.7. The highest BCUT2D eigenvalue weighted by Crippen LogP contribution is 2.36. The minimum Gasteiger partial charge on any atom is -0.351 e. The molecule has 2 aromatic carbocycles. The molecule has 1 spiro atoms. The highest BCUT2D eigenvalue weighted by atomic mass is 35.5. The van der Waals surface area contributed by atoms with Crippen molar-refractivity contribution in [2.75, 3.05) is 37.7 Å². The SMILES string of the molecule is Cl.O=C(NCCN1CCC2(CC1)C(=O)NCN2c1ccc(F)cc1)c1ccc(F)cc1Cl. The number of nitrogens with one attached hydrogen (secondary N) is 2. The molecule has 0 bridgehead atoms. The van der Waals surface area contributed by atoms with E-state index < -0.39 is 11.4 Å². The van der Waals surface area contributed by atoms with Crippen LogP contribution in [-0.4, -0.2) is 55.1 Å². The van der Waals surface area contributed by atoms with Gasteiger partial charge in [0, 0.05) is 31.9 Å². The van der Waals surface area contributed by atoms with E-state index in [1.807, 2.05) is 4.90 Å². The zero-order valence-electron chi connectivity index (χ0n) is 17.2. The van der Waals surface area contributed by atoms with Gasteiger partial charge in [0.25, 0.3) is 5.91 Å². The largest absolute Gasteiger partial charge is 0.351 e. The molecule has 2 heterocycles. The molecule has 2 aromatic rings. The van der Waals surface area contributed by atoms with Crippen molar-refractivity contribution in [1.29, 1.82) is 0 Å². The number of hydrogen-bond acceptors (Lipinski definition) is 4. The van der Waals surface area contributed by atoms with Gasteiger partial charge >= 0.3 is 0 Å². The van der Waals surface area contributed by atoms with Crippen LogP contribution in [0.25, 0.3) is 0 Å². The number of carbonyl (C=O) groups is 2. The van der Waals surface area contributed by atoms with E-state index in [1.54, 1.807) is 12.1 Å². The number of likely N-dealkylation sites (tertiary alicyclic amines) is 1. The summed E-state index contributed by atoms with van der Waals surface area (Å²) in [5.74, 6) is -1.16. The highest BCUT2D eigenvalue weighted by molar-refractivity contribution is 6.33. The minimum atomic E-state index is -0.640. The van der Waals surface area contributed by atoms with E-state index in [0.29, 0.717) is 45.7 Å². The Hall–Kier alpha value is -2.42. The van der Waals surface area contributed by atoms with Crippen LogP contribution >= 0.6 is 24.0 Å². The van der Waals surface area contributed by atoms with Crippen LogP contribution in [0.4, 0.5) is 14.5 Å². The van der Waals surface area contributed by atoms with Crippen LogP contribution in [0.5, 0.6) is 0 Å². The van der Waals surface area contributed by atoms with E-state index >= 15 is 0 Å². The molecule has 0 saturated carbocycles. The van der Waals surface area contributed by atoms with Crippen LogP contribution in [0, 0.1) is 11.6 Å². The van der Waals surface area contributed by atoms with Gasteiger partial charge in [-0.15, -0.1) is 12.4 Å². The standard InChI is InChI=1S/C22H23ClF2N4O2.ClH/c23-19-13-16(25)3-6-18(19)20(30)26-9-12-28-10-7-22(8-11-28)21(31)27-14-29(22)17-4-1-15(24)2-5-17;/h1-6,13H,7-12,14H2,(H,26,30)(H,27,31);1H. The fourth-order valence-electron chi connectivity index (χ4n) is 4.29. The highest BCUT2D eigenvalue weighted by Gasteiger charge is 2.50. The molecule has 0 radical (unpaired) electrons. The quantitative estimate of drug-likeness (QED) is 0.683. The number of benzene rings is 2. The smallest absolute Gasteiger partial charge is 0.252 e. The molecular formula is C22H24Cl2F2N4O2. The third-order valence-corrected chi connectivity index (χ3v) is 6.36. The van der Waals surface area contributed by atoms with Gasteiger partial charge < -0.3 is 20.4 Å². The van der Waals surface area contributed by atoms with Gasteiger partial charge in [-0.1, -0.05) is 11.6 Å². The first-order chi connectivity index (χ1) is 14.9. The summed E-state index contributed by atoms with van der Waals surface area (Å²) in [6, 6.07) is 9.86. The lowest BCUT2D eigenvalue weighted by molar-refractivity contribution is -0.125.